The standard InChI is InChI=1S/C16H22N4O3/c1-4-17-16(23)20(3)19-14(21)11-5-7-12(8-6-11)18-15(22)13-9-10(13)2/h5-8,10,13H,4,9H2,1-3H3,(H,17,23)(H,18,22)(H,19,21)/t10-,13-/m0/s1. The van der Waals surface area contributed by atoms with Crippen molar-refractivity contribution < 1.29 is 14.4 Å². The maximum Gasteiger partial charge on any atom is 0.335 e. The van der Waals surface area contributed by atoms with Crippen molar-refractivity contribution in [3.8, 4) is 0 Å². The van der Waals surface area contributed by atoms with Gasteiger partial charge in [-0.3, -0.25) is 15.0 Å². The molecule has 7 nitrogen and oxygen atoms in total. The summed E-state index contributed by atoms with van der Waals surface area (Å²) < 4.78 is 0. The first-order valence-corrected chi connectivity index (χ1v) is 7.65. The van der Waals surface area contributed by atoms with Crippen LogP contribution in [0.4, 0.5) is 10.5 Å². The first kappa shape index (κ1) is 16.8. The van der Waals surface area contributed by atoms with Gasteiger partial charge in [-0.15, -0.1) is 0 Å². The van der Waals surface area contributed by atoms with Gasteiger partial charge in [0.15, 0.2) is 0 Å². The molecular weight excluding hydrogens is 296 g/mol. The van der Waals surface area contributed by atoms with E-state index in [9.17, 15) is 14.4 Å². The molecule has 1 aromatic carbocycles. The number of nitrogens with zero attached hydrogens (tertiary/aromatic N) is 1. The van der Waals surface area contributed by atoms with Gasteiger partial charge in [-0.1, -0.05) is 6.92 Å². The third-order valence-electron chi connectivity index (χ3n) is 3.76. The Morgan fingerprint density at radius 2 is 1.83 bits per heavy atom. The summed E-state index contributed by atoms with van der Waals surface area (Å²) in [4.78, 5) is 35.4. The van der Waals surface area contributed by atoms with Gasteiger partial charge >= 0.3 is 6.03 Å². The van der Waals surface area contributed by atoms with Gasteiger partial charge in [0.05, 0.1) is 0 Å². The fourth-order valence-corrected chi connectivity index (χ4v) is 2.16. The van der Waals surface area contributed by atoms with Crippen LogP contribution in [0.3, 0.4) is 0 Å². The van der Waals surface area contributed by atoms with Crippen molar-refractivity contribution in [2.45, 2.75) is 20.3 Å². The van der Waals surface area contributed by atoms with Crippen molar-refractivity contribution in [2.75, 3.05) is 18.9 Å². The maximum atomic E-state index is 12.0. The Kier molecular flexibility index (Phi) is 5.20. The number of anilines is 1. The molecule has 1 fully saturated rings. The van der Waals surface area contributed by atoms with E-state index in [1.165, 1.54) is 7.05 Å². The van der Waals surface area contributed by atoms with E-state index in [4.69, 9.17) is 0 Å². The second-order valence-corrected chi connectivity index (χ2v) is 5.72. The molecule has 7 heteroatoms. The minimum absolute atomic E-state index is 0.0191. The molecule has 0 spiro atoms. The van der Waals surface area contributed by atoms with Crippen LogP contribution in [0.2, 0.25) is 0 Å². The number of hydrazine groups is 1. The van der Waals surface area contributed by atoms with Gasteiger partial charge in [-0.05, 0) is 43.5 Å². The zero-order chi connectivity index (χ0) is 17.0. The SMILES string of the molecule is CCNC(=O)N(C)NC(=O)c1ccc(NC(=O)[C@H]2C[C@@H]2C)cc1. The first-order valence-electron chi connectivity index (χ1n) is 7.65. The van der Waals surface area contributed by atoms with Crippen LogP contribution in [-0.4, -0.2) is 36.4 Å². The third-order valence-corrected chi connectivity index (χ3v) is 3.76. The topological polar surface area (TPSA) is 90.5 Å². The van der Waals surface area contributed by atoms with Crippen LogP contribution in [0, 0.1) is 11.8 Å². The summed E-state index contributed by atoms with van der Waals surface area (Å²) in [6.07, 6.45) is 0.929. The Bertz CT molecular complexity index is 600. The zero-order valence-corrected chi connectivity index (χ0v) is 13.6. The molecule has 4 amide bonds. The number of nitrogens with one attached hydrogen (secondary N) is 3. The van der Waals surface area contributed by atoms with Gasteiger partial charge in [0.2, 0.25) is 5.91 Å². The Morgan fingerprint density at radius 1 is 1.22 bits per heavy atom. The van der Waals surface area contributed by atoms with Gasteiger partial charge in [0.25, 0.3) is 5.91 Å². The predicted molar refractivity (Wildman–Crippen MR) is 86.6 cm³/mol. The molecular formula is C16H22N4O3. The molecule has 0 unspecified atom stereocenters. The van der Waals surface area contributed by atoms with Crippen molar-refractivity contribution in [2.24, 2.45) is 11.8 Å². The zero-order valence-electron chi connectivity index (χ0n) is 13.6. The van der Waals surface area contributed by atoms with Gasteiger partial charge in [0, 0.05) is 30.8 Å². The van der Waals surface area contributed by atoms with Gasteiger partial charge in [0.1, 0.15) is 0 Å². The average Bonchev–Trinajstić information content (AvgIpc) is 3.25. The Balaban J connectivity index is 1.89. The highest BCUT2D eigenvalue weighted by Gasteiger charge is 2.39. The molecule has 1 aliphatic carbocycles. The lowest BCUT2D eigenvalue weighted by Crippen LogP contribution is -2.48. The van der Waals surface area contributed by atoms with Gasteiger partial charge < -0.3 is 10.6 Å². The second kappa shape index (κ2) is 7.13. The highest BCUT2D eigenvalue weighted by Crippen LogP contribution is 2.38. The molecule has 2 atom stereocenters. The Hall–Kier alpha value is -2.57. The Labute approximate surface area is 135 Å². The van der Waals surface area contributed by atoms with E-state index in [0.717, 1.165) is 11.4 Å². The minimum atomic E-state index is -0.396. The molecule has 0 aromatic heterocycles. The number of urea groups is 1. The van der Waals surface area contributed by atoms with E-state index < -0.39 is 5.91 Å². The summed E-state index contributed by atoms with van der Waals surface area (Å²) in [5, 5.41) is 6.50. The normalized spacial score (nSPS) is 18.7. The van der Waals surface area contributed by atoms with E-state index in [-0.39, 0.29) is 17.9 Å². The molecule has 0 heterocycles. The van der Waals surface area contributed by atoms with Crippen molar-refractivity contribution in [1.29, 1.82) is 0 Å². The predicted octanol–water partition coefficient (Wildman–Crippen LogP) is 1.59. The monoisotopic (exact) mass is 318 g/mol. The summed E-state index contributed by atoms with van der Waals surface area (Å²) in [7, 11) is 1.47. The van der Waals surface area contributed by atoms with Crippen LogP contribution in [-0.2, 0) is 4.79 Å². The molecule has 0 aliphatic heterocycles. The molecule has 0 saturated heterocycles. The highest BCUT2D eigenvalue weighted by molar-refractivity contribution is 5.97. The average molecular weight is 318 g/mol. The quantitative estimate of drug-likeness (QED) is 0.736. The number of rotatable bonds is 4. The van der Waals surface area contributed by atoms with Crippen LogP contribution in [0.15, 0.2) is 24.3 Å². The molecule has 3 N–H and O–H groups in total. The number of hydrogen-bond donors (Lipinski definition) is 3. The lowest BCUT2D eigenvalue weighted by Gasteiger charge is -2.18. The van der Waals surface area contributed by atoms with Crippen molar-refractivity contribution in [3.63, 3.8) is 0 Å². The summed E-state index contributed by atoms with van der Waals surface area (Å²) in [6, 6.07) is 6.17. The summed E-state index contributed by atoms with van der Waals surface area (Å²) >= 11 is 0. The van der Waals surface area contributed by atoms with Crippen molar-refractivity contribution in [1.82, 2.24) is 15.8 Å². The van der Waals surface area contributed by atoms with E-state index in [1.54, 1.807) is 31.2 Å². The van der Waals surface area contributed by atoms with Crippen LogP contribution in [0.5, 0.6) is 0 Å². The summed E-state index contributed by atoms with van der Waals surface area (Å²) in [5.74, 6) is 0.173. The van der Waals surface area contributed by atoms with E-state index >= 15 is 0 Å². The number of carbonyl (C=O) groups is 3. The number of amides is 4. The van der Waals surface area contributed by atoms with Crippen molar-refractivity contribution >= 4 is 23.5 Å². The van der Waals surface area contributed by atoms with E-state index in [2.05, 4.69) is 16.1 Å². The largest absolute Gasteiger partial charge is 0.337 e. The Morgan fingerprint density at radius 3 is 2.35 bits per heavy atom. The molecule has 124 valence electrons. The number of hydrogen-bond acceptors (Lipinski definition) is 3. The molecule has 1 saturated carbocycles. The third kappa shape index (κ3) is 4.45. The van der Waals surface area contributed by atoms with E-state index in [0.29, 0.717) is 23.7 Å². The smallest absolute Gasteiger partial charge is 0.335 e. The van der Waals surface area contributed by atoms with Crippen LogP contribution < -0.4 is 16.1 Å². The lowest BCUT2D eigenvalue weighted by atomic mass is 10.2. The highest BCUT2D eigenvalue weighted by atomic mass is 16.2. The summed E-state index contributed by atoms with van der Waals surface area (Å²) in [5.41, 5.74) is 3.53. The van der Waals surface area contributed by atoms with Crippen LogP contribution >= 0.6 is 0 Å². The van der Waals surface area contributed by atoms with Crippen LogP contribution in [0.1, 0.15) is 30.6 Å². The maximum absolute atomic E-state index is 12.0. The summed E-state index contributed by atoms with van der Waals surface area (Å²) in [6.45, 7) is 4.32. The fourth-order valence-electron chi connectivity index (χ4n) is 2.16. The molecule has 23 heavy (non-hydrogen) atoms. The van der Waals surface area contributed by atoms with Gasteiger partial charge in [-0.2, -0.15) is 0 Å². The minimum Gasteiger partial charge on any atom is -0.337 e. The van der Waals surface area contributed by atoms with Crippen LogP contribution in [0.25, 0.3) is 0 Å². The molecule has 2 rings (SSSR count). The van der Waals surface area contributed by atoms with E-state index in [1.807, 2.05) is 6.92 Å². The molecule has 0 radical (unpaired) electrons. The second-order valence-electron chi connectivity index (χ2n) is 5.72. The van der Waals surface area contributed by atoms with Gasteiger partial charge in [-0.25, -0.2) is 9.80 Å². The molecule has 1 aromatic rings. The lowest BCUT2D eigenvalue weighted by molar-refractivity contribution is -0.117. The van der Waals surface area contributed by atoms with Crippen molar-refractivity contribution in [3.05, 3.63) is 29.8 Å². The first-order chi connectivity index (χ1) is 10.9. The fraction of sp³-hybridized carbons (Fsp3) is 0.438. The molecule has 1 aliphatic rings. The molecule has 0 bridgehead atoms. The number of carbonyl (C=O) groups excluding carboxylic acids is 3. The number of benzene rings is 1.